The topological polar surface area (TPSA) is 79.0 Å². The Morgan fingerprint density at radius 3 is 2.52 bits per heavy atom. The molecule has 1 aliphatic heterocycles. The van der Waals surface area contributed by atoms with Gasteiger partial charge >= 0.3 is 6.03 Å². The molecule has 1 saturated heterocycles. The molecule has 148 valence electrons. The molecule has 1 atom stereocenters. The Morgan fingerprint density at radius 2 is 1.93 bits per heavy atom. The highest BCUT2D eigenvalue weighted by molar-refractivity contribution is 6.08. The molecule has 0 aromatic heterocycles. The predicted molar refractivity (Wildman–Crippen MR) is 103 cm³/mol. The maximum atomic E-state index is 12.8. The van der Waals surface area contributed by atoms with Crippen LogP contribution in [-0.2, 0) is 16.0 Å². The molecule has 1 N–H and O–H groups in total. The van der Waals surface area contributed by atoms with Gasteiger partial charge in [0.25, 0.3) is 5.91 Å². The fraction of sp³-hybridized carbons (Fsp3) is 0.550. The van der Waals surface area contributed by atoms with Crippen molar-refractivity contribution in [2.45, 2.75) is 45.1 Å². The minimum Gasteiger partial charge on any atom is -0.497 e. The van der Waals surface area contributed by atoms with E-state index in [4.69, 9.17) is 4.74 Å². The molecule has 1 heterocycles. The first kappa shape index (κ1) is 20.7. The summed E-state index contributed by atoms with van der Waals surface area (Å²) in [7, 11) is 3.30. The molecule has 1 aromatic carbocycles. The van der Waals surface area contributed by atoms with Crippen LogP contribution in [0.2, 0.25) is 0 Å². The smallest absolute Gasteiger partial charge is 0.325 e. The highest BCUT2D eigenvalue weighted by Crippen LogP contribution is 2.24. The number of nitrogens with one attached hydrogen (secondary N) is 1. The minimum absolute atomic E-state index is 0.219. The Labute approximate surface area is 160 Å². The maximum absolute atomic E-state index is 12.8. The highest BCUT2D eigenvalue weighted by Gasteiger charge is 2.48. The SMILES string of the molecule is CCCCN(C)C(=O)CN1C(=O)N[C@](C)(CCc2ccc(OC)cc2)C1=O. The van der Waals surface area contributed by atoms with Crippen LogP contribution in [0.1, 0.15) is 38.7 Å². The van der Waals surface area contributed by atoms with Gasteiger partial charge < -0.3 is 15.0 Å². The van der Waals surface area contributed by atoms with Crippen molar-refractivity contribution < 1.29 is 19.1 Å². The number of hydrogen-bond donors (Lipinski definition) is 1. The second-order valence-corrected chi connectivity index (χ2v) is 7.17. The van der Waals surface area contributed by atoms with Crippen LogP contribution in [0, 0.1) is 0 Å². The monoisotopic (exact) mass is 375 g/mol. The standard InChI is InChI=1S/C20H29N3O4/c1-5-6-13-22(3)17(24)14-23-18(25)20(2,21-19(23)26)12-11-15-7-9-16(27-4)10-8-15/h7-10H,5-6,11-14H2,1-4H3,(H,21,26)/t20-/m1/s1. The zero-order valence-corrected chi connectivity index (χ0v) is 16.6. The van der Waals surface area contributed by atoms with Crippen LogP contribution >= 0.6 is 0 Å². The van der Waals surface area contributed by atoms with Gasteiger partial charge in [-0.25, -0.2) is 4.79 Å². The molecule has 0 radical (unpaired) electrons. The number of likely N-dealkylation sites (N-methyl/N-ethyl adjacent to an activating group) is 1. The van der Waals surface area contributed by atoms with Gasteiger partial charge in [-0.05, 0) is 43.9 Å². The van der Waals surface area contributed by atoms with Crippen molar-refractivity contribution in [3.63, 3.8) is 0 Å². The normalized spacial score (nSPS) is 19.2. The summed E-state index contributed by atoms with van der Waals surface area (Å²) < 4.78 is 5.14. The second-order valence-electron chi connectivity index (χ2n) is 7.17. The van der Waals surface area contributed by atoms with Gasteiger partial charge in [0.15, 0.2) is 0 Å². The fourth-order valence-corrected chi connectivity index (χ4v) is 3.02. The average molecular weight is 375 g/mol. The molecule has 0 aliphatic carbocycles. The van der Waals surface area contributed by atoms with E-state index in [9.17, 15) is 14.4 Å². The lowest BCUT2D eigenvalue weighted by Crippen LogP contribution is -2.45. The summed E-state index contributed by atoms with van der Waals surface area (Å²) >= 11 is 0. The number of rotatable bonds is 9. The summed E-state index contributed by atoms with van der Waals surface area (Å²) in [5.74, 6) is 0.191. The van der Waals surface area contributed by atoms with Gasteiger partial charge in [-0.15, -0.1) is 0 Å². The summed E-state index contributed by atoms with van der Waals surface area (Å²) in [4.78, 5) is 39.9. The van der Waals surface area contributed by atoms with Gasteiger partial charge in [-0.1, -0.05) is 25.5 Å². The Bertz CT molecular complexity index is 689. The third-order valence-electron chi connectivity index (χ3n) is 4.98. The minimum atomic E-state index is -1.00. The number of carbonyl (C=O) groups excluding carboxylic acids is 3. The quantitative estimate of drug-likeness (QED) is 0.671. The van der Waals surface area contributed by atoms with E-state index in [2.05, 4.69) is 5.32 Å². The maximum Gasteiger partial charge on any atom is 0.325 e. The zero-order chi connectivity index (χ0) is 20.0. The third-order valence-corrected chi connectivity index (χ3v) is 4.98. The van der Waals surface area contributed by atoms with Crippen molar-refractivity contribution in [2.75, 3.05) is 27.2 Å². The second kappa shape index (κ2) is 8.88. The van der Waals surface area contributed by atoms with Crippen molar-refractivity contribution >= 4 is 17.8 Å². The fourth-order valence-electron chi connectivity index (χ4n) is 3.02. The number of aryl methyl sites for hydroxylation is 1. The van der Waals surface area contributed by atoms with Crippen molar-refractivity contribution in [1.82, 2.24) is 15.1 Å². The lowest BCUT2D eigenvalue weighted by atomic mass is 9.93. The van der Waals surface area contributed by atoms with Crippen LogP contribution in [0.15, 0.2) is 24.3 Å². The third kappa shape index (κ3) is 4.99. The molecule has 1 aliphatic rings. The number of ether oxygens (including phenoxy) is 1. The van der Waals surface area contributed by atoms with Crippen LogP contribution in [0.5, 0.6) is 5.75 Å². The van der Waals surface area contributed by atoms with E-state index in [0.29, 0.717) is 19.4 Å². The Hall–Kier alpha value is -2.57. The van der Waals surface area contributed by atoms with Gasteiger partial charge in [-0.3, -0.25) is 14.5 Å². The largest absolute Gasteiger partial charge is 0.497 e. The van der Waals surface area contributed by atoms with Crippen LogP contribution in [0.25, 0.3) is 0 Å². The van der Waals surface area contributed by atoms with Crippen molar-refractivity contribution in [1.29, 1.82) is 0 Å². The molecular formula is C20H29N3O4. The van der Waals surface area contributed by atoms with E-state index in [0.717, 1.165) is 29.1 Å². The molecule has 7 nitrogen and oxygen atoms in total. The van der Waals surface area contributed by atoms with Crippen LogP contribution in [0.4, 0.5) is 4.79 Å². The lowest BCUT2D eigenvalue weighted by molar-refractivity contribution is -0.138. The molecule has 27 heavy (non-hydrogen) atoms. The summed E-state index contributed by atoms with van der Waals surface area (Å²) in [5.41, 5.74) is 0.0483. The van der Waals surface area contributed by atoms with Gasteiger partial charge in [0.1, 0.15) is 17.8 Å². The van der Waals surface area contributed by atoms with Crippen molar-refractivity contribution in [3.05, 3.63) is 29.8 Å². The number of unbranched alkanes of at least 4 members (excludes halogenated alkanes) is 1. The molecule has 7 heteroatoms. The van der Waals surface area contributed by atoms with E-state index < -0.39 is 11.6 Å². The number of hydrogen-bond acceptors (Lipinski definition) is 4. The molecule has 0 unspecified atom stereocenters. The first-order valence-electron chi connectivity index (χ1n) is 9.31. The lowest BCUT2D eigenvalue weighted by Gasteiger charge is -2.23. The number of methoxy groups -OCH3 is 1. The van der Waals surface area contributed by atoms with Gasteiger partial charge in [0.05, 0.1) is 7.11 Å². The number of nitrogens with zero attached hydrogens (tertiary/aromatic N) is 2. The molecular weight excluding hydrogens is 346 g/mol. The van der Waals surface area contributed by atoms with Crippen LogP contribution < -0.4 is 10.1 Å². The Kier molecular flexibility index (Phi) is 6.82. The average Bonchev–Trinajstić information content (AvgIpc) is 2.88. The van der Waals surface area contributed by atoms with Crippen LogP contribution in [0.3, 0.4) is 0 Å². The molecule has 0 bridgehead atoms. The number of benzene rings is 1. The van der Waals surface area contributed by atoms with E-state index in [1.54, 1.807) is 26.0 Å². The number of urea groups is 1. The molecule has 1 fully saturated rings. The number of carbonyl (C=O) groups is 3. The van der Waals surface area contributed by atoms with E-state index in [1.807, 2.05) is 31.2 Å². The molecule has 4 amide bonds. The summed E-state index contributed by atoms with van der Waals surface area (Å²) in [6, 6.07) is 7.10. The summed E-state index contributed by atoms with van der Waals surface area (Å²) in [6.45, 7) is 4.16. The van der Waals surface area contributed by atoms with Crippen molar-refractivity contribution in [3.8, 4) is 5.75 Å². The van der Waals surface area contributed by atoms with E-state index >= 15 is 0 Å². The first-order chi connectivity index (χ1) is 12.8. The van der Waals surface area contributed by atoms with Gasteiger partial charge in [-0.2, -0.15) is 0 Å². The Balaban J connectivity index is 1.97. The molecule has 1 aromatic rings. The van der Waals surface area contributed by atoms with Gasteiger partial charge in [0, 0.05) is 13.6 Å². The highest BCUT2D eigenvalue weighted by atomic mass is 16.5. The Morgan fingerprint density at radius 1 is 1.26 bits per heavy atom. The summed E-state index contributed by atoms with van der Waals surface area (Å²) in [5, 5.41) is 2.75. The van der Waals surface area contributed by atoms with Crippen molar-refractivity contribution in [2.24, 2.45) is 0 Å². The first-order valence-corrected chi connectivity index (χ1v) is 9.31. The molecule has 0 spiro atoms. The van der Waals surface area contributed by atoms with Crippen LogP contribution in [-0.4, -0.2) is 60.4 Å². The molecule has 2 rings (SSSR count). The molecule has 0 saturated carbocycles. The zero-order valence-electron chi connectivity index (χ0n) is 16.6. The number of amides is 4. The van der Waals surface area contributed by atoms with Gasteiger partial charge in [0.2, 0.25) is 5.91 Å². The predicted octanol–water partition coefficient (Wildman–Crippen LogP) is 2.20. The van der Waals surface area contributed by atoms with E-state index in [-0.39, 0.29) is 18.4 Å². The summed E-state index contributed by atoms with van der Waals surface area (Å²) in [6.07, 6.45) is 2.96. The van der Waals surface area contributed by atoms with E-state index in [1.165, 1.54) is 0 Å². The number of imide groups is 1.